The first-order chi connectivity index (χ1) is 14.2. The number of carboxylic acid groups (broad SMARTS) is 1. The fourth-order valence-electron chi connectivity index (χ4n) is 3.21. The molecule has 0 spiro atoms. The molecule has 1 aromatic heterocycles. The number of aliphatic carboxylic acids is 1. The molecule has 0 aliphatic carbocycles. The average Bonchev–Trinajstić information content (AvgIpc) is 3.02. The van der Waals surface area contributed by atoms with E-state index in [-0.39, 0.29) is 24.7 Å². The second-order valence-electron chi connectivity index (χ2n) is 7.14. The number of amides is 1. The molecule has 0 fully saturated rings. The number of hydrogen-bond donors (Lipinski definition) is 4. The van der Waals surface area contributed by atoms with E-state index >= 15 is 0 Å². The number of fused-ring (bicyclic) bond motifs is 1. The van der Waals surface area contributed by atoms with Crippen LogP contribution in [-0.4, -0.2) is 53.0 Å². The molecule has 0 bridgehead atoms. The van der Waals surface area contributed by atoms with Crippen LogP contribution in [0, 0.1) is 5.41 Å². The predicted molar refractivity (Wildman–Crippen MR) is 116 cm³/mol. The highest BCUT2D eigenvalue weighted by atomic mass is 16.4. The summed E-state index contributed by atoms with van der Waals surface area (Å²) in [6, 6.07) is 10.8. The summed E-state index contributed by atoms with van der Waals surface area (Å²) < 4.78 is 1.94. The zero-order chi connectivity index (χ0) is 22.0. The van der Waals surface area contributed by atoms with Gasteiger partial charge in [0.2, 0.25) is 0 Å². The van der Waals surface area contributed by atoms with Crippen molar-refractivity contribution >= 4 is 34.4 Å². The molecule has 9 heteroatoms. The third-order valence-electron chi connectivity index (χ3n) is 4.80. The third-order valence-corrected chi connectivity index (χ3v) is 4.80. The summed E-state index contributed by atoms with van der Waals surface area (Å²) in [4.78, 5) is 29.9. The van der Waals surface area contributed by atoms with Crippen LogP contribution in [0.15, 0.2) is 36.4 Å². The van der Waals surface area contributed by atoms with Gasteiger partial charge in [-0.15, -0.1) is 0 Å². The van der Waals surface area contributed by atoms with Crippen molar-refractivity contribution in [3.8, 4) is 11.4 Å². The van der Waals surface area contributed by atoms with Crippen LogP contribution in [0.3, 0.4) is 0 Å². The molecule has 0 saturated carbocycles. The van der Waals surface area contributed by atoms with Crippen LogP contribution in [0.2, 0.25) is 0 Å². The molecular formula is C21H24N6O3. The molecule has 0 radical (unpaired) electrons. The zero-order valence-electron chi connectivity index (χ0n) is 17.1. The topological polar surface area (TPSA) is 137 Å². The van der Waals surface area contributed by atoms with Gasteiger partial charge in [-0.2, -0.15) is 0 Å². The van der Waals surface area contributed by atoms with Crippen molar-refractivity contribution in [2.75, 3.05) is 25.5 Å². The van der Waals surface area contributed by atoms with Gasteiger partial charge in [0, 0.05) is 38.8 Å². The molecule has 30 heavy (non-hydrogen) atoms. The van der Waals surface area contributed by atoms with E-state index in [1.54, 1.807) is 18.2 Å². The van der Waals surface area contributed by atoms with E-state index in [0.29, 0.717) is 28.2 Å². The number of imidazole rings is 1. The normalized spacial score (nSPS) is 10.8. The minimum absolute atomic E-state index is 0.000674. The lowest BCUT2D eigenvalue weighted by molar-refractivity contribution is -0.136. The van der Waals surface area contributed by atoms with E-state index in [4.69, 9.17) is 21.2 Å². The number of carboxylic acids is 1. The molecule has 0 aliphatic rings. The Morgan fingerprint density at radius 2 is 1.90 bits per heavy atom. The number of carbonyl (C=O) groups excluding carboxylic acids is 1. The Balaban J connectivity index is 2.04. The highest BCUT2D eigenvalue weighted by Crippen LogP contribution is 2.30. The highest BCUT2D eigenvalue weighted by molar-refractivity contribution is 6.04. The number of amidine groups is 1. The fourth-order valence-corrected chi connectivity index (χ4v) is 3.21. The molecule has 1 amide bonds. The molecule has 5 N–H and O–H groups in total. The van der Waals surface area contributed by atoms with Crippen molar-refractivity contribution < 1.29 is 14.7 Å². The number of nitrogens with one attached hydrogen (secondary N) is 2. The van der Waals surface area contributed by atoms with Gasteiger partial charge >= 0.3 is 5.97 Å². The van der Waals surface area contributed by atoms with E-state index in [9.17, 15) is 9.59 Å². The number of nitrogens with two attached hydrogens (primary N) is 1. The lowest BCUT2D eigenvalue weighted by Crippen LogP contribution is -2.27. The fraction of sp³-hybridized carbons (Fsp3) is 0.238. The summed E-state index contributed by atoms with van der Waals surface area (Å²) in [6.07, 6.45) is -0.144. The lowest BCUT2D eigenvalue weighted by Gasteiger charge is -2.17. The van der Waals surface area contributed by atoms with Crippen LogP contribution in [-0.2, 0) is 11.8 Å². The minimum atomic E-state index is -0.969. The smallest absolute Gasteiger partial charge is 0.305 e. The Hall–Kier alpha value is -3.88. The van der Waals surface area contributed by atoms with Gasteiger partial charge in [-0.1, -0.05) is 24.3 Å². The molecule has 1 heterocycles. The van der Waals surface area contributed by atoms with Gasteiger partial charge in [0.25, 0.3) is 5.91 Å². The maximum absolute atomic E-state index is 12.7. The van der Waals surface area contributed by atoms with Crippen LogP contribution in [0.25, 0.3) is 22.4 Å². The Kier molecular flexibility index (Phi) is 5.72. The molecular weight excluding hydrogens is 384 g/mol. The molecule has 0 saturated heterocycles. The standard InChI is InChI=1S/C21H24N6O3/c1-26(2)16-11-17-15(10-14(16)21(30)24-9-8-18(28)29)25-20(27(17)3)13-6-4-12(5-7-13)19(22)23/h4-7,10-11H,8-9H2,1-3H3,(H3,22,23)(H,24,30)(H,28,29). The summed E-state index contributed by atoms with van der Waals surface area (Å²) in [5.41, 5.74) is 9.65. The zero-order valence-corrected chi connectivity index (χ0v) is 17.1. The van der Waals surface area contributed by atoms with Gasteiger partial charge in [-0.3, -0.25) is 15.0 Å². The van der Waals surface area contributed by atoms with Gasteiger partial charge in [0.05, 0.1) is 28.7 Å². The first-order valence-corrected chi connectivity index (χ1v) is 9.31. The number of nitrogen functional groups attached to an aromatic ring is 1. The third kappa shape index (κ3) is 4.09. The number of aryl methyl sites for hydroxylation is 1. The summed E-state index contributed by atoms with van der Waals surface area (Å²) >= 11 is 0. The molecule has 3 aromatic rings. The molecule has 0 atom stereocenters. The van der Waals surface area contributed by atoms with Crippen molar-refractivity contribution in [1.82, 2.24) is 14.9 Å². The number of aromatic nitrogens is 2. The van der Waals surface area contributed by atoms with E-state index in [1.807, 2.05) is 48.8 Å². The Morgan fingerprint density at radius 1 is 1.23 bits per heavy atom. The van der Waals surface area contributed by atoms with Gasteiger partial charge in [-0.05, 0) is 12.1 Å². The van der Waals surface area contributed by atoms with E-state index in [0.717, 1.165) is 11.1 Å². The quantitative estimate of drug-likeness (QED) is 0.347. The van der Waals surface area contributed by atoms with Crippen LogP contribution in [0.4, 0.5) is 5.69 Å². The summed E-state index contributed by atoms with van der Waals surface area (Å²) in [5, 5.41) is 18.9. The van der Waals surface area contributed by atoms with Gasteiger partial charge in [0.1, 0.15) is 11.7 Å². The van der Waals surface area contributed by atoms with Crippen LogP contribution >= 0.6 is 0 Å². The monoisotopic (exact) mass is 408 g/mol. The van der Waals surface area contributed by atoms with Crippen molar-refractivity contribution in [3.05, 3.63) is 47.5 Å². The van der Waals surface area contributed by atoms with Crippen molar-refractivity contribution in [2.45, 2.75) is 6.42 Å². The number of carbonyl (C=O) groups is 2. The number of nitrogens with zero attached hydrogens (tertiary/aromatic N) is 3. The number of hydrogen-bond acceptors (Lipinski definition) is 5. The average molecular weight is 408 g/mol. The molecule has 3 rings (SSSR count). The maximum atomic E-state index is 12.7. The SMILES string of the molecule is CN(C)c1cc2c(cc1C(=O)NCCC(=O)O)nc(-c1ccc(C(=N)N)cc1)n2C. The Bertz CT molecular complexity index is 1130. The van der Waals surface area contributed by atoms with E-state index < -0.39 is 5.97 Å². The van der Waals surface area contributed by atoms with Crippen molar-refractivity contribution in [3.63, 3.8) is 0 Å². The number of anilines is 1. The second-order valence-corrected chi connectivity index (χ2v) is 7.14. The first-order valence-electron chi connectivity index (χ1n) is 9.31. The summed E-state index contributed by atoms with van der Waals surface area (Å²) in [6.45, 7) is 0.0506. The maximum Gasteiger partial charge on any atom is 0.305 e. The molecule has 0 unspecified atom stereocenters. The molecule has 0 aliphatic heterocycles. The summed E-state index contributed by atoms with van der Waals surface area (Å²) in [5.74, 6) is -0.599. The van der Waals surface area contributed by atoms with E-state index in [2.05, 4.69) is 5.32 Å². The van der Waals surface area contributed by atoms with Crippen LogP contribution in [0.5, 0.6) is 0 Å². The first kappa shape index (κ1) is 20.8. The second kappa shape index (κ2) is 8.24. The lowest BCUT2D eigenvalue weighted by atomic mass is 10.1. The predicted octanol–water partition coefficient (Wildman–Crippen LogP) is 1.79. The number of rotatable bonds is 7. The molecule has 2 aromatic carbocycles. The van der Waals surface area contributed by atoms with Gasteiger partial charge in [-0.25, -0.2) is 4.98 Å². The van der Waals surface area contributed by atoms with Crippen LogP contribution < -0.4 is 16.0 Å². The molecule has 9 nitrogen and oxygen atoms in total. The Morgan fingerprint density at radius 3 is 2.47 bits per heavy atom. The summed E-state index contributed by atoms with van der Waals surface area (Å²) in [7, 11) is 5.58. The Labute approximate surface area is 173 Å². The largest absolute Gasteiger partial charge is 0.481 e. The minimum Gasteiger partial charge on any atom is -0.481 e. The van der Waals surface area contributed by atoms with E-state index in [1.165, 1.54) is 0 Å². The van der Waals surface area contributed by atoms with Crippen molar-refractivity contribution in [1.29, 1.82) is 5.41 Å². The highest BCUT2D eigenvalue weighted by Gasteiger charge is 2.18. The number of benzene rings is 2. The van der Waals surface area contributed by atoms with Gasteiger partial charge < -0.3 is 25.6 Å². The van der Waals surface area contributed by atoms with Gasteiger partial charge in [0.15, 0.2) is 0 Å². The molecule has 156 valence electrons. The van der Waals surface area contributed by atoms with Crippen molar-refractivity contribution in [2.24, 2.45) is 12.8 Å². The van der Waals surface area contributed by atoms with Crippen LogP contribution in [0.1, 0.15) is 22.3 Å².